The Hall–Kier alpha value is -1.31. The minimum atomic E-state index is 0.651. The van der Waals surface area contributed by atoms with Crippen LogP contribution in [0.4, 0.5) is 0 Å². The first kappa shape index (κ1) is 9.25. The topological polar surface area (TPSA) is 22.1 Å². The predicted molar refractivity (Wildman–Crippen MR) is 56.0 cm³/mol. The van der Waals surface area contributed by atoms with Crippen LogP contribution in [0.25, 0.3) is 0 Å². The molecule has 1 aliphatic rings. The molecule has 0 aromatic carbocycles. The van der Waals surface area contributed by atoms with Crippen molar-refractivity contribution in [1.82, 2.24) is 4.98 Å². The number of ether oxygens (including phenoxy) is 1. The van der Waals surface area contributed by atoms with E-state index in [2.05, 4.69) is 24.1 Å². The van der Waals surface area contributed by atoms with Crippen molar-refractivity contribution >= 4 is 0 Å². The van der Waals surface area contributed by atoms with Crippen LogP contribution in [0.1, 0.15) is 23.5 Å². The molecule has 1 aromatic rings. The first-order valence-corrected chi connectivity index (χ1v) is 4.92. The second kappa shape index (κ2) is 3.82. The molecule has 1 fully saturated rings. The Morgan fingerprint density at radius 2 is 2.36 bits per heavy atom. The van der Waals surface area contributed by atoms with Crippen molar-refractivity contribution in [2.45, 2.75) is 19.3 Å². The lowest BCUT2D eigenvalue weighted by atomic mass is 10.1. The molecule has 2 rings (SSSR count). The fraction of sp³-hybridized carbons (Fsp3) is 0.417. The van der Waals surface area contributed by atoms with Gasteiger partial charge in [-0.2, -0.15) is 0 Å². The minimum Gasteiger partial charge on any atom is -0.505 e. The molecule has 1 saturated carbocycles. The third-order valence-corrected chi connectivity index (χ3v) is 2.63. The first-order chi connectivity index (χ1) is 6.81. The van der Waals surface area contributed by atoms with Crippen LogP contribution in [-0.4, -0.2) is 12.1 Å². The summed E-state index contributed by atoms with van der Waals surface area (Å²) in [5, 5.41) is 0. The maximum Gasteiger partial charge on any atom is 0.0787 e. The fourth-order valence-electron chi connectivity index (χ4n) is 1.77. The number of rotatable bonds is 3. The van der Waals surface area contributed by atoms with Crippen LogP contribution in [0, 0.1) is 12.8 Å². The van der Waals surface area contributed by atoms with Gasteiger partial charge in [-0.15, -0.1) is 0 Å². The van der Waals surface area contributed by atoms with Gasteiger partial charge in [0.05, 0.1) is 13.4 Å². The molecule has 0 N–H and O–H groups in total. The van der Waals surface area contributed by atoms with Gasteiger partial charge in [0, 0.05) is 12.4 Å². The van der Waals surface area contributed by atoms with E-state index in [9.17, 15) is 0 Å². The van der Waals surface area contributed by atoms with Gasteiger partial charge in [0.1, 0.15) is 0 Å². The molecule has 2 atom stereocenters. The van der Waals surface area contributed by atoms with Gasteiger partial charge >= 0.3 is 0 Å². The summed E-state index contributed by atoms with van der Waals surface area (Å²) in [5.41, 5.74) is 2.60. The van der Waals surface area contributed by atoms with Crippen LogP contribution < -0.4 is 0 Å². The Morgan fingerprint density at radius 3 is 3.07 bits per heavy atom. The molecule has 14 heavy (non-hydrogen) atoms. The van der Waals surface area contributed by atoms with Crippen LogP contribution in [-0.2, 0) is 4.74 Å². The summed E-state index contributed by atoms with van der Waals surface area (Å²) in [6.45, 7) is 2.08. The second-order valence-electron chi connectivity index (χ2n) is 3.87. The van der Waals surface area contributed by atoms with Gasteiger partial charge in [-0.3, -0.25) is 4.98 Å². The number of pyridine rings is 1. The largest absolute Gasteiger partial charge is 0.505 e. The Balaban J connectivity index is 2.02. The van der Waals surface area contributed by atoms with Crippen molar-refractivity contribution in [2.75, 3.05) is 7.11 Å². The van der Waals surface area contributed by atoms with E-state index in [-0.39, 0.29) is 0 Å². The monoisotopic (exact) mass is 189 g/mol. The summed E-state index contributed by atoms with van der Waals surface area (Å²) >= 11 is 0. The molecule has 1 aromatic heterocycles. The number of methoxy groups -OCH3 is 1. The number of allylic oxidation sites excluding steroid dienone is 1. The van der Waals surface area contributed by atoms with E-state index in [4.69, 9.17) is 4.74 Å². The first-order valence-electron chi connectivity index (χ1n) is 4.92. The standard InChI is InChI=1S/C12H15NO/c1-9-5-11(8-13-7-9)12-6-10(12)3-4-14-2/h3-5,7-8,10,12H,6H2,1-2H3/t10-,12-/m0/s1. The van der Waals surface area contributed by atoms with Crippen LogP contribution in [0.3, 0.4) is 0 Å². The number of aryl methyl sites for hydroxylation is 1. The zero-order valence-electron chi connectivity index (χ0n) is 8.60. The summed E-state index contributed by atoms with van der Waals surface area (Å²) in [5.74, 6) is 1.31. The average Bonchev–Trinajstić information content (AvgIpc) is 2.94. The van der Waals surface area contributed by atoms with Crippen molar-refractivity contribution in [2.24, 2.45) is 5.92 Å². The zero-order chi connectivity index (χ0) is 9.97. The van der Waals surface area contributed by atoms with E-state index in [1.54, 1.807) is 13.4 Å². The fourth-order valence-corrected chi connectivity index (χ4v) is 1.77. The van der Waals surface area contributed by atoms with Crippen molar-refractivity contribution in [3.63, 3.8) is 0 Å². The molecule has 0 amide bonds. The van der Waals surface area contributed by atoms with Gasteiger partial charge in [-0.25, -0.2) is 0 Å². The van der Waals surface area contributed by atoms with Crippen molar-refractivity contribution in [3.05, 3.63) is 41.9 Å². The van der Waals surface area contributed by atoms with Gasteiger partial charge in [-0.05, 0) is 42.4 Å². The maximum atomic E-state index is 4.90. The van der Waals surface area contributed by atoms with Gasteiger partial charge in [-0.1, -0.05) is 6.07 Å². The van der Waals surface area contributed by atoms with E-state index in [0.717, 1.165) is 0 Å². The predicted octanol–water partition coefficient (Wildman–Crippen LogP) is 2.65. The molecule has 0 bridgehead atoms. The van der Waals surface area contributed by atoms with Crippen molar-refractivity contribution < 1.29 is 4.74 Å². The molecule has 0 radical (unpaired) electrons. The van der Waals surface area contributed by atoms with Gasteiger partial charge < -0.3 is 4.74 Å². The van der Waals surface area contributed by atoms with Crippen LogP contribution in [0.15, 0.2) is 30.8 Å². The molecule has 1 heterocycles. The van der Waals surface area contributed by atoms with E-state index in [1.165, 1.54) is 17.5 Å². The van der Waals surface area contributed by atoms with E-state index >= 15 is 0 Å². The third kappa shape index (κ3) is 1.95. The molecule has 1 aliphatic carbocycles. The highest BCUT2D eigenvalue weighted by atomic mass is 16.5. The summed E-state index contributed by atoms with van der Waals surface area (Å²) in [7, 11) is 1.68. The number of aromatic nitrogens is 1. The van der Waals surface area contributed by atoms with E-state index in [0.29, 0.717) is 11.8 Å². The molecule has 0 aliphatic heterocycles. The highest BCUT2D eigenvalue weighted by molar-refractivity contribution is 5.28. The van der Waals surface area contributed by atoms with Gasteiger partial charge in [0.15, 0.2) is 0 Å². The zero-order valence-corrected chi connectivity index (χ0v) is 8.60. The van der Waals surface area contributed by atoms with Crippen LogP contribution in [0.5, 0.6) is 0 Å². The molecule has 74 valence electrons. The highest BCUT2D eigenvalue weighted by Crippen LogP contribution is 2.48. The Morgan fingerprint density at radius 1 is 1.50 bits per heavy atom. The summed E-state index contributed by atoms with van der Waals surface area (Å²) in [6, 6.07) is 2.22. The molecule has 0 saturated heterocycles. The molecular formula is C12H15NO. The number of hydrogen-bond acceptors (Lipinski definition) is 2. The quantitative estimate of drug-likeness (QED) is 0.682. The van der Waals surface area contributed by atoms with Crippen LogP contribution in [0.2, 0.25) is 0 Å². The Labute approximate surface area is 84.6 Å². The van der Waals surface area contributed by atoms with Crippen molar-refractivity contribution in [3.8, 4) is 0 Å². The lowest BCUT2D eigenvalue weighted by Gasteiger charge is -1.98. The van der Waals surface area contributed by atoms with Gasteiger partial charge in [0.25, 0.3) is 0 Å². The Kier molecular flexibility index (Phi) is 2.53. The second-order valence-corrected chi connectivity index (χ2v) is 3.87. The maximum absolute atomic E-state index is 4.90. The molecule has 0 unspecified atom stereocenters. The molecule has 2 heteroatoms. The lowest BCUT2D eigenvalue weighted by Crippen LogP contribution is -1.85. The molecular weight excluding hydrogens is 174 g/mol. The van der Waals surface area contributed by atoms with Crippen molar-refractivity contribution in [1.29, 1.82) is 0 Å². The van der Waals surface area contributed by atoms with E-state index < -0.39 is 0 Å². The summed E-state index contributed by atoms with van der Waals surface area (Å²) < 4.78 is 4.90. The summed E-state index contributed by atoms with van der Waals surface area (Å²) in [4.78, 5) is 4.20. The normalized spacial score (nSPS) is 25.3. The highest BCUT2D eigenvalue weighted by Gasteiger charge is 2.36. The molecule has 2 nitrogen and oxygen atoms in total. The average molecular weight is 189 g/mol. The number of nitrogens with zero attached hydrogens (tertiary/aromatic N) is 1. The molecule has 0 spiro atoms. The minimum absolute atomic E-state index is 0.651. The Bertz CT molecular complexity index is 346. The lowest BCUT2D eigenvalue weighted by molar-refractivity contribution is 0.336. The van der Waals surface area contributed by atoms with Crippen LogP contribution >= 0.6 is 0 Å². The van der Waals surface area contributed by atoms with Gasteiger partial charge in [0.2, 0.25) is 0 Å². The SMILES string of the molecule is COC=C[C@H]1C[C@@H]1c1cncc(C)c1. The van der Waals surface area contributed by atoms with E-state index in [1.807, 2.05) is 12.4 Å². The smallest absolute Gasteiger partial charge is 0.0787 e. The summed E-state index contributed by atoms with van der Waals surface area (Å²) in [6.07, 6.45) is 9.00. The number of hydrogen-bond donors (Lipinski definition) is 0. The third-order valence-electron chi connectivity index (χ3n) is 2.63.